The van der Waals surface area contributed by atoms with Crippen LogP contribution in [0, 0.1) is 0 Å². The van der Waals surface area contributed by atoms with Gasteiger partial charge in [0.25, 0.3) is 5.91 Å². The van der Waals surface area contributed by atoms with E-state index in [1.54, 1.807) is 22.8 Å². The fourth-order valence-corrected chi connectivity index (χ4v) is 6.20. The van der Waals surface area contributed by atoms with Crippen LogP contribution in [0.5, 0.6) is 0 Å². The Morgan fingerprint density at radius 1 is 1.15 bits per heavy atom. The second-order valence-electron chi connectivity index (χ2n) is 8.16. The highest BCUT2D eigenvalue weighted by Crippen LogP contribution is 2.42. The summed E-state index contributed by atoms with van der Waals surface area (Å²) in [4.78, 5) is 30.7. The Hall–Kier alpha value is -2.49. The fourth-order valence-electron chi connectivity index (χ4n) is 4.28. The van der Waals surface area contributed by atoms with Crippen molar-refractivity contribution in [1.29, 1.82) is 0 Å². The molecule has 0 radical (unpaired) electrons. The number of benzene rings is 2. The second-order valence-corrected chi connectivity index (χ2v) is 11.6. The van der Waals surface area contributed by atoms with Gasteiger partial charge in [-0.15, -0.1) is 0 Å². The number of amides is 1. The molecule has 0 bridgehead atoms. The molecular weight excluding hydrogens is 484 g/mol. The quantitative estimate of drug-likeness (QED) is 0.489. The normalized spacial score (nSPS) is 16.3. The lowest BCUT2D eigenvalue weighted by atomic mass is 9.78. The number of methoxy groups -OCH3 is 1. The van der Waals surface area contributed by atoms with Crippen molar-refractivity contribution >= 4 is 54.9 Å². The molecule has 0 unspecified atom stereocenters. The molecule has 0 aliphatic heterocycles. The number of ether oxygens (including phenoxy) is 1. The molecule has 1 heterocycles. The van der Waals surface area contributed by atoms with Gasteiger partial charge in [0.05, 0.1) is 27.6 Å². The van der Waals surface area contributed by atoms with Crippen LogP contribution in [0.2, 0.25) is 5.02 Å². The maximum atomic E-state index is 13.6. The van der Waals surface area contributed by atoms with Crippen molar-refractivity contribution in [2.45, 2.75) is 42.5 Å². The smallest absolute Gasteiger partial charge is 0.325 e. The van der Waals surface area contributed by atoms with Crippen LogP contribution in [0.15, 0.2) is 52.4 Å². The number of carbonyl (C=O) groups is 2. The third kappa shape index (κ3) is 4.62. The maximum absolute atomic E-state index is 13.6. The number of hydrogen-bond donors (Lipinski definition) is 0. The van der Waals surface area contributed by atoms with Crippen LogP contribution in [-0.4, -0.2) is 38.2 Å². The van der Waals surface area contributed by atoms with E-state index >= 15 is 0 Å². The number of fused-ring (bicyclic) bond motifs is 1. The summed E-state index contributed by atoms with van der Waals surface area (Å²) < 4.78 is 31.0. The first kappa shape index (κ1) is 23.7. The predicted molar refractivity (Wildman–Crippen MR) is 127 cm³/mol. The van der Waals surface area contributed by atoms with E-state index in [9.17, 15) is 18.0 Å². The molecule has 1 amide bonds. The van der Waals surface area contributed by atoms with Crippen molar-refractivity contribution in [3.8, 4) is 0 Å². The van der Waals surface area contributed by atoms with Gasteiger partial charge in [-0.2, -0.15) is 4.99 Å². The first-order valence-corrected chi connectivity index (χ1v) is 13.5. The molecule has 33 heavy (non-hydrogen) atoms. The minimum Gasteiger partial charge on any atom is -0.468 e. The van der Waals surface area contributed by atoms with Crippen molar-refractivity contribution in [2.24, 2.45) is 4.99 Å². The summed E-state index contributed by atoms with van der Waals surface area (Å²) in [7, 11) is -2.13. The fraction of sp³-hybridized carbons (Fsp3) is 0.348. The van der Waals surface area contributed by atoms with E-state index in [1.165, 1.54) is 30.6 Å². The molecule has 174 valence electrons. The minimum atomic E-state index is -3.41. The third-order valence-electron chi connectivity index (χ3n) is 6.06. The number of hydrogen-bond acceptors (Lipinski definition) is 6. The van der Waals surface area contributed by atoms with Gasteiger partial charge < -0.3 is 9.30 Å². The number of nitrogens with zero attached hydrogens (tertiary/aromatic N) is 2. The number of carbonyl (C=O) groups excluding carboxylic acids is 2. The molecule has 1 aliphatic carbocycles. The summed E-state index contributed by atoms with van der Waals surface area (Å²) in [6, 6.07) is 11.9. The van der Waals surface area contributed by atoms with E-state index in [2.05, 4.69) is 4.99 Å². The minimum absolute atomic E-state index is 0.144. The van der Waals surface area contributed by atoms with E-state index < -0.39 is 21.2 Å². The van der Waals surface area contributed by atoms with Crippen LogP contribution in [0.3, 0.4) is 0 Å². The highest BCUT2D eigenvalue weighted by Gasteiger charge is 2.42. The Kier molecular flexibility index (Phi) is 6.48. The molecule has 1 saturated carbocycles. The maximum Gasteiger partial charge on any atom is 0.325 e. The number of aromatic nitrogens is 1. The zero-order chi connectivity index (χ0) is 23.8. The van der Waals surface area contributed by atoms with Gasteiger partial charge in [0.2, 0.25) is 0 Å². The van der Waals surface area contributed by atoms with Crippen LogP contribution in [0.1, 0.15) is 31.2 Å². The summed E-state index contributed by atoms with van der Waals surface area (Å²) in [6.07, 6.45) is 4.32. The Morgan fingerprint density at radius 3 is 2.42 bits per heavy atom. The third-order valence-corrected chi connectivity index (χ3v) is 8.46. The van der Waals surface area contributed by atoms with E-state index in [4.69, 9.17) is 16.3 Å². The Labute approximate surface area is 200 Å². The Morgan fingerprint density at radius 2 is 1.82 bits per heavy atom. The summed E-state index contributed by atoms with van der Waals surface area (Å²) in [5.74, 6) is -0.778. The highest BCUT2D eigenvalue weighted by molar-refractivity contribution is 7.90. The summed E-state index contributed by atoms with van der Waals surface area (Å²) >= 11 is 7.22. The van der Waals surface area contributed by atoms with Gasteiger partial charge in [-0.1, -0.05) is 47.9 Å². The molecule has 0 N–H and O–H groups in total. The molecule has 1 aromatic heterocycles. The molecule has 7 nitrogen and oxygen atoms in total. The van der Waals surface area contributed by atoms with Crippen LogP contribution >= 0.6 is 22.9 Å². The predicted octanol–water partition coefficient (Wildman–Crippen LogP) is 3.87. The van der Waals surface area contributed by atoms with Crippen LogP contribution in [0.25, 0.3) is 10.2 Å². The molecule has 10 heteroatoms. The van der Waals surface area contributed by atoms with Crippen molar-refractivity contribution in [3.05, 3.63) is 57.9 Å². The van der Waals surface area contributed by atoms with Crippen molar-refractivity contribution in [1.82, 2.24) is 4.57 Å². The average Bonchev–Trinajstić information content (AvgIpc) is 3.39. The first-order chi connectivity index (χ1) is 15.6. The Balaban J connectivity index is 1.88. The van der Waals surface area contributed by atoms with Gasteiger partial charge in [0, 0.05) is 11.3 Å². The molecule has 0 atom stereocenters. The number of esters is 1. The largest absolute Gasteiger partial charge is 0.468 e. The van der Waals surface area contributed by atoms with E-state index in [0.29, 0.717) is 32.9 Å². The zero-order valence-corrected chi connectivity index (χ0v) is 20.6. The molecule has 1 fully saturated rings. The van der Waals surface area contributed by atoms with Gasteiger partial charge in [-0.25, -0.2) is 8.42 Å². The van der Waals surface area contributed by atoms with Crippen molar-refractivity contribution < 1.29 is 22.7 Å². The average molecular weight is 507 g/mol. The number of sulfone groups is 1. The van der Waals surface area contributed by atoms with Gasteiger partial charge in [0.15, 0.2) is 14.6 Å². The first-order valence-electron chi connectivity index (χ1n) is 10.4. The SMILES string of the molecule is COC(=O)Cn1c(=NC(=O)C2(c3ccc(Cl)cc3)CCCC2)sc2cc(S(C)(=O)=O)ccc21. The monoisotopic (exact) mass is 506 g/mol. The molecule has 0 saturated heterocycles. The number of rotatable bonds is 5. The Bertz CT molecular complexity index is 1400. The van der Waals surface area contributed by atoms with Crippen LogP contribution < -0.4 is 4.80 Å². The second kappa shape index (κ2) is 9.04. The number of halogens is 1. The summed E-state index contributed by atoms with van der Waals surface area (Å²) in [5, 5.41) is 0.596. The van der Waals surface area contributed by atoms with Gasteiger partial charge in [0.1, 0.15) is 6.54 Å². The molecule has 1 aliphatic rings. The van der Waals surface area contributed by atoms with E-state index in [0.717, 1.165) is 24.7 Å². The lowest BCUT2D eigenvalue weighted by Gasteiger charge is -2.25. The molecule has 4 rings (SSSR count). The number of thiazole rings is 1. The molecular formula is C23H23ClN2O5S2. The van der Waals surface area contributed by atoms with Crippen LogP contribution in [-0.2, 0) is 36.1 Å². The molecule has 2 aromatic carbocycles. The van der Waals surface area contributed by atoms with E-state index in [-0.39, 0.29) is 17.3 Å². The standard InChI is InChI=1S/C23H23ClN2O5S2/c1-31-20(27)14-26-18-10-9-17(33(2,29)30)13-19(18)32-22(26)25-21(28)23(11-3-4-12-23)15-5-7-16(24)8-6-15/h5-10,13H,3-4,11-12,14H2,1-2H3. The van der Waals surface area contributed by atoms with Gasteiger partial charge in [-0.05, 0) is 48.7 Å². The van der Waals surface area contributed by atoms with Gasteiger partial charge >= 0.3 is 5.97 Å². The van der Waals surface area contributed by atoms with Crippen molar-refractivity contribution in [3.63, 3.8) is 0 Å². The lowest BCUT2D eigenvalue weighted by molar-refractivity contribution is -0.141. The van der Waals surface area contributed by atoms with Crippen molar-refractivity contribution in [2.75, 3.05) is 13.4 Å². The molecule has 3 aromatic rings. The lowest BCUT2D eigenvalue weighted by Crippen LogP contribution is -2.34. The van der Waals surface area contributed by atoms with Gasteiger partial charge in [-0.3, -0.25) is 9.59 Å². The zero-order valence-electron chi connectivity index (χ0n) is 18.2. The van der Waals surface area contributed by atoms with E-state index in [1.807, 2.05) is 12.1 Å². The van der Waals surface area contributed by atoms with Crippen LogP contribution in [0.4, 0.5) is 0 Å². The topological polar surface area (TPSA) is 94.8 Å². The highest BCUT2D eigenvalue weighted by atomic mass is 35.5. The summed E-state index contributed by atoms with van der Waals surface area (Å²) in [5.41, 5.74) is 0.733. The molecule has 0 spiro atoms. The summed E-state index contributed by atoms with van der Waals surface area (Å²) in [6.45, 7) is -0.144.